The first kappa shape index (κ1) is 32.2. The van der Waals surface area contributed by atoms with E-state index in [1.165, 1.54) is 0 Å². The number of halogens is 1. The molecule has 0 N–H and O–H groups in total. The van der Waals surface area contributed by atoms with E-state index in [9.17, 15) is 4.79 Å². The minimum absolute atomic E-state index is 0.253. The summed E-state index contributed by atoms with van der Waals surface area (Å²) in [4.78, 5) is 11.3. The highest BCUT2D eigenvalue weighted by molar-refractivity contribution is 6.31. The first-order chi connectivity index (χ1) is 18.1. The number of carbonyl (C=O) groups excluding carboxylic acids is 1. The largest absolute Gasteiger partial charge is 0.379 e. The van der Waals surface area contributed by atoms with Gasteiger partial charge in [-0.1, -0.05) is 77.1 Å². The van der Waals surface area contributed by atoms with Crippen LogP contribution in [0.5, 0.6) is 0 Å². The molecule has 1 aromatic carbocycles. The van der Waals surface area contributed by atoms with E-state index < -0.39 is 6.10 Å². The zero-order valence-corrected chi connectivity index (χ0v) is 24.2. The monoisotopic (exact) mass is 540 g/mol. The van der Waals surface area contributed by atoms with E-state index >= 15 is 0 Å². The van der Waals surface area contributed by atoms with Gasteiger partial charge in [0.2, 0.25) is 0 Å². The Morgan fingerprint density at radius 2 is 1.38 bits per heavy atom. The van der Waals surface area contributed by atoms with Crippen molar-refractivity contribution in [1.29, 1.82) is 0 Å². The minimum Gasteiger partial charge on any atom is -0.379 e. The van der Waals surface area contributed by atoms with Crippen LogP contribution in [-0.4, -0.2) is 63.7 Å². The summed E-state index contributed by atoms with van der Waals surface area (Å²) in [5.41, 5.74) is 1.71. The van der Waals surface area contributed by atoms with Gasteiger partial charge in [0.15, 0.2) is 0 Å². The van der Waals surface area contributed by atoms with Gasteiger partial charge in [0.25, 0.3) is 0 Å². The predicted octanol–water partition coefficient (Wildman–Crippen LogP) is 6.89. The molecule has 1 aliphatic rings. The van der Waals surface area contributed by atoms with Crippen molar-refractivity contribution in [2.75, 3.05) is 33.0 Å². The Morgan fingerprint density at radius 1 is 0.811 bits per heavy atom. The van der Waals surface area contributed by atoms with Gasteiger partial charge in [-0.25, -0.2) is 0 Å². The molecule has 37 heavy (non-hydrogen) atoms. The molecule has 0 spiro atoms. The van der Waals surface area contributed by atoms with Gasteiger partial charge in [-0.05, 0) is 42.9 Å². The Morgan fingerprint density at radius 3 is 1.97 bits per heavy atom. The molecule has 0 unspecified atom stereocenters. The number of carbonyl (C=O) groups is 1. The summed E-state index contributed by atoms with van der Waals surface area (Å²) in [6.07, 6.45) is 7.58. The summed E-state index contributed by atoms with van der Waals surface area (Å²) in [5, 5.41) is 0.575. The fourth-order valence-electron chi connectivity index (χ4n) is 4.45. The molecule has 5 atom stereocenters. The van der Waals surface area contributed by atoms with Crippen molar-refractivity contribution in [3.05, 3.63) is 34.3 Å². The van der Waals surface area contributed by atoms with Crippen molar-refractivity contribution in [2.24, 2.45) is 0 Å². The number of hydrogen-bond donors (Lipinski definition) is 0. The summed E-state index contributed by atoms with van der Waals surface area (Å²) in [5.74, 6) is 0. The second kappa shape index (κ2) is 19.1. The van der Waals surface area contributed by atoms with E-state index in [1.807, 2.05) is 18.2 Å². The van der Waals surface area contributed by atoms with Crippen LogP contribution in [0.25, 0.3) is 0 Å². The van der Waals surface area contributed by atoms with Gasteiger partial charge in [0.05, 0.1) is 6.61 Å². The lowest BCUT2D eigenvalue weighted by atomic mass is 9.89. The summed E-state index contributed by atoms with van der Waals surface area (Å²) >= 11 is 6.39. The third-order valence-corrected chi connectivity index (χ3v) is 7.05. The van der Waals surface area contributed by atoms with Gasteiger partial charge in [0.1, 0.15) is 36.8 Å². The summed E-state index contributed by atoms with van der Waals surface area (Å²) in [6, 6.07) is 5.77. The van der Waals surface area contributed by atoms with E-state index in [4.69, 9.17) is 35.3 Å². The molecule has 0 bridgehead atoms. The normalized spacial score (nSPS) is 23.9. The molecule has 2 rings (SSSR count). The Balaban J connectivity index is 2.44. The smallest absolute Gasteiger partial charge is 0.124 e. The predicted molar refractivity (Wildman–Crippen MR) is 149 cm³/mol. The van der Waals surface area contributed by atoms with Gasteiger partial charge in [0, 0.05) is 37.9 Å². The van der Waals surface area contributed by atoms with Crippen LogP contribution in [0, 0.1) is 0 Å². The molecule has 7 heteroatoms. The van der Waals surface area contributed by atoms with Crippen LogP contribution in [0.15, 0.2) is 18.2 Å². The van der Waals surface area contributed by atoms with Crippen LogP contribution in [-0.2, 0) is 34.9 Å². The summed E-state index contributed by atoms with van der Waals surface area (Å²) < 4.78 is 32.3. The highest BCUT2D eigenvalue weighted by Gasteiger charge is 2.48. The average Bonchev–Trinajstić information content (AvgIpc) is 2.90. The fourth-order valence-corrected chi connectivity index (χ4v) is 4.64. The van der Waals surface area contributed by atoms with Crippen molar-refractivity contribution in [3.63, 3.8) is 0 Å². The molecule has 1 aromatic rings. The number of benzene rings is 1. The zero-order valence-electron chi connectivity index (χ0n) is 23.4. The molecule has 0 amide bonds. The van der Waals surface area contributed by atoms with Gasteiger partial charge in [-0.15, -0.1) is 0 Å². The Hall–Kier alpha value is -1.02. The quantitative estimate of drug-likeness (QED) is 0.132. The fraction of sp³-hybridized carbons (Fsp3) is 0.767. The molecule has 1 aliphatic heterocycles. The molecule has 6 nitrogen and oxygen atoms in total. The maximum absolute atomic E-state index is 11.3. The van der Waals surface area contributed by atoms with Crippen LogP contribution in [0.4, 0.5) is 0 Å². The topological polar surface area (TPSA) is 63.2 Å². The van der Waals surface area contributed by atoms with Crippen LogP contribution in [0.3, 0.4) is 0 Å². The highest BCUT2D eigenvalue weighted by atomic mass is 35.5. The van der Waals surface area contributed by atoms with Crippen molar-refractivity contribution in [2.45, 2.75) is 116 Å². The zero-order chi connectivity index (χ0) is 26.9. The molecular formula is C30H49ClO6. The summed E-state index contributed by atoms with van der Waals surface area (Å²) in [6.45, 7) is 11.6. The molecular weight excluding hydrogens is 492 g/mol. The molecule has 0 aliphatic carbocycles. The lowest BCUT2D eigenvalue weighted by Gasteiger charge is -2.46. The molecule has 0 saturated carbocycles. The summed E-state index contributed by atoms with van der Waals surface area (Å²) in [7, 11) is 0. The Bertz CT molecular complexity index is 745. The molecule has 0 aromatic heterocycles. The molecule has 1 heterocycles. The first-order valence-corrected chi connectivity index (χ1v) is 14.8. The number of unbranched alkanes of at least 4 members (excludes halogenated alkanes) is 4. The lowest BCUT2D eigenvalue weighted by molar-refractivity contribution is -0.268. The molecule has 1 fully saturated rings. The molecule has 1 saturated heterocycles. The van der Waals surface area contributed by atoms with Crippen LogP contribution < -0.4 is 0 Å². The van der Waals surface area contributed by atoms with E-state index in [2.05, 4.69) is 27.7 Å². The van der Waals surface area contributed by atoms with E-state index in [0.717, 1.165) is 68.8 Å². The van der Waals surface area contributed by atoms with Crippen LogP contribution >= 0.6 is 11.6 Å². The maximum Gasteiger partial charge on any atom is 0.124 e. The number of hydrogen-bond acceptors (Lipinski definition) is 6. The average molecular weight is 541 g/mol. The standard InChI is InChI=1S/C30H49ClO6/c1-5-9-17-33-22-26-28(34-18-10-6-2)30(36-20-12-8-4)29(35-19-11-7-3)27(37-26)24-13-14-25(31)23(21-24)15-16-32/h13-14,16,21,26-30H,5-12,15,17-20,22H2,1-4H3/t26-,27+,28-,29+,30+/m1/s1. The first-order valence-electron chi connectivity index (χ1n) is 14.4. The second-order valence-corrected chi connectivity index (χ2v) is 10.2. The van der Waals surface area contributed by atoms with Crippen LogP contribution in [0.2, 0.25) is 5.02 Å². The minimum atomic E-state index is -0.392. The highest BCUT2D eigenvalue weighted by Crippen LogP contribution is 2.38. The van der Waals surface area contributed by atoms with E-state index in [1.54, 1.807) is 0 Å². The lowest BCUT2D eigenvalue weighted by Crippen LogP contribution is -2.58. The molecule has 0 radical (unpaired) electrons. The SMILES string of the molecule is CCCCOC[C@H]1O[C@@H](c2ccc(Cl)c(CC=O)c2)[C@H](OCCCC)[C@@H](OCCCC)[C@@H]1OCCCC. The van der Waals surface area contributed by atoms with Crippen molar-refractivity contribution in [1.82, 2.24) is 0 Å². The van der Waals surface area contributed by atoms with Crippen molar-refractivity contribution in [3.8, 4) is 0 Å². The number of aldehydes is 1. The van der Waals surface area contributed by atoms with Crippen molar-refractivity contribution < 1.29 is 28.5 Å². The van der Waals surface area contributed by atoms with Gasteiger partial charge < -0.3 is 28.5 Å². The number of ether oxygens (including phenoxy) is 5. The Kier molecular flexibility index (Phi) is 16.6. The molecule has 212 valence electrons. The maximum atomic E-state index is 11.3. The van der Waals surface area contributed by atoms with Gasteiger partial charge in [-0.3, -0.25) is 0 Å². The third-order valence-electron chi connectivity index (χ3n) is 6.68. The van der Waals surface area contributed by atoms with Gasteiger partial charge >= 0.3 is 0 Å². The Labute approximate surface area is 229 Å². The van der Waals surface area contributed by atoms with Crippen LogP contribution in [0.1, 0.15) is 96.3 Å². The van der Waals surface area contributed by atoms with E-state index in [-0.39, 0.29) is 30.8 Å². The van der Waals surface area contributed by atoms with Crippen molar-refractivity contribution >= 4 is 17.9 Å². The second-order valence-electron chi connectivity index (χ2n) is 9.81. The third kappa shape index (κ3) is 10.6. The van der Waals surface area contributed by atoms with E-state index in [0.29, 0.717) is 38.1 Å². The van der Waals surface area contributed by atoms with Gasteiger partial charge in [-0.2, -0.15) is 0 Å². The number of rotatable bonds is 20.